The van der Waals surface area contributed by atoms with Crippen molar-refractivity contribution in [3.63, 3.8) is 0 Å². The highest BCUT2D eigenvalue weighted by Crippen LogP contribution is 2.45. The zero-order chi connectivity index (χ0) is 15.3. The summed E-state index contributed by atoms with van der Waals surface area (Å²) < 4.78 is 64.1. The van der Waals surface area contributed by atoms with Crippen molar-refractivity contribution < 1.29 is 31.5 Å². The highest BCUT2D eigenvalue weighted by atomic mass is 19.4. The van der Waals surface area contributed by atoms with Crippen LogP contribution in [0.1, 0.15) is 27.6 Å². The maximum atomic E-state index is 13.4. The Balaban J connectivity index is 2.70. The fourth-order valence-electron chi connectivity index (χ4n) is 2.02. The van der Waals surface area contributed by atoms with Crippen LogP contribution in [0.3, 0.4) is 0 Å². The lowest BCUT2D eigenvalue weighted by atomic mass is 9.82. The number of halogens is 5. The quantitative estimate of drug-likeness (QED) is 0.741. The van der Waals surface area contributed by atoms with E-state index in [1.165, 1.54) is 18.2 Å². The van der Waals surface area contributed by atoms with Gasteiger partial charge in [0.15, 0.2) is 11.6 Å². The van der Waals surface area contributed by atoms with Gasteiger partial charge in [-0.25, -0.2) is 0 Å². The van der Waals surface area contributed by atoms with Gasteiger partial charge in [0, 0.05) is 16.7 Å². The van der Waals surface area contributed by atoms with Gasteiger partial charge in [-0.05, 0) is 6.92 Å². The fraction of sp³-hybridized carbons (Fsp3) is 0.231. The van der Waals surface area contributed by atoms with Gasteiger partial charge in [-0.1, -0.05) is 24.3 Å². The van der Waals surface area contributed by atoms with Crippen LogP contribution >= 0.6 is 0 Å². The van der Waals surface area contributed by atoms with Crippen LogP contribution in [-0.4, -0.2) is 23.7 Å². The van der Waals surface area contributed by atoms with E-state index in [2.05, 4.69) is 0 Å². The van der Waals surface area contributed by atoms with Crippen molar-refractivity contribution in [2.45, 2.75) is 19.0 Å². The molecule has 0 aliphatic heterocycles. The number of fused-ring (bicyclic) bond motifs is 1. The molecule has 0 amide bonds. The van der Waals surface area contributed by atoms with Crippen LogP contribution in [0.25, 0.3) is 0 Å². The molecule has 0 saturated heterocycles. The van der Waals surface area contributed by atoms with Gasteiger partial charge in [0.05, 0.1) is 5.57 Å². The normalized spacial score (nSPS) is 16.5. The van der Waals surface area contributed by atoms with E-state index in [1.54, 1.807) is 0 Å². The smallest absolute Gasteiger partial charge is 0.289 e. The van der Waals surface area contributed by atoms with Gasteiger partial charge in [-0.3, -0.25) is 9.59 Å². The number of benzene rings is 1. The fourth-order valence-corrected chi connectivity index (χ4v) is 2.02. The molecule has 0 aromatic heterocycles. The lowest BCUT2D eigenvalue weighted by molar-refractivity contribution is -0.262. The highest BCUT2D eigenvalue weighted by molar-refractivity contribution is 6.27. The predicted octanol–water partition coefficient (Wildman–Crippen LogP) is 3.58. The molecule has 2 nitrogen and oxygen atoms in total. The lowest BCUT2D eigenvalue weighted by Crippen LogP contribution is -2.43. The van der Waals surface area contributed by atoms with Crippen LogP contribution in [0.15, 0.2) is 35.4 Å². The van der Waals surface area contributed by atoms with Crippen molar-refractivity contribution in [3.05, 3.63) is 46.5 Å². The molecule has 0 heterocycles. The molecule has 0 unspecified atom stereocenters. The van der Waals surface area contributed by atoms with Crippen LogP contribution < -0.4 is 0 Å². The number of carbonyl (C=O) groups is 2. The van der Waals surface area contributed by atoms with E-state index in [0.29, 0.717) is 0 Å². The number of hydrogen-bond donors (Lipinski definition) is 0. The molecule has 0 bridgehead atoms. The Labute approximate surface area is 109 Å². The molecule has 1 aromatic carbocycles. The third-order valence-electron chi connectivity index (χ3n) is 3.03. The standard InChI is InChI=1S/C13H7F5O2/c1-6-9(12(14,15)13(16,17)18)11(20)8-5-3-2-4-7(8)10(6)19/h2-5H,1H3. The van der Waals surface area contributed by atoms with Gasteiger partial charge in [0.2, 0.25) is 0 Å². The zero-order valence-corrected chi connectivity index (χ0v) is 10.0. The lowest BCUT2D eigenvalue weighted by Gasteiger charge is -2.26. The van der Waals surface area contributed by atoms with E-state index in [4.69, 9.17) is 0 Å². The molecule has 0 N–H and O–H groups in total. The van der Waals surface area contributed by atoms with E-state index in [-0.39, 0.29) is 5.56 Å². The van der Waals surface area contributed by atoms with Crippen molar-refractivity contribution >= 4 is 11.6 Å². The Morgan fingerprint density at radius 3 is 1.75 bits per heavy atom. The first-order chi connectivity index (χ1) is 9.09. The number of rotatable bonds is 1. The van der Waals surface area contributed by atoms with Gasteiger partial charge in [-0.2, -0.15) is 22.0 Å². The molecule has 106 valence electrons. The molecule has 1 aliphatic rings. The molecule has 0 fully saturated rings. The molecule has 1 aromatic rings. The number of hydrogen-bond acceptors (Lipinski definition) is 2. The number of Topliss-reactive ketones (excluding diaryl/α,β-unsaturated/α-hetero) is 2. The molecular formula is C13H7F5O2. The van der Waals surface area contributed by atoms with Crippen molar-refractivity contribution in [3.8, 4) is 0 Å². The summed E-state index contributed by atoms with van der Waals surface area (Å²) in [4.78, 5) is 23.7. The van der Waals surface area contributed by atoms with Crippen LogP contribution in [0.4, 0.5) is 22.0 Å². The van der Waals surface area contributed by atoms with Crippen molar-refractivity contribution in [1.82, 2.24) is 0 Å². The largest absolute Gasteiger partial charge is 0.458 e. The Morgan fingerprint density at radius 2 is 1.30 bits per heavy atom. The molecular weight excluding hydrogens is 283 g/mol. The molecule has 2 rings (SSSR count). The number of allylic oxidation sites excluding steroid dienone is 2. The molecule has 0 atom stereocenters. The minimum Gasteiger partial charge on any atom is -0.289 e. The average Bonchev–Trinajstić information content (AvgIpc) is 2.35. The van der Waals surface area contributed by atoms with Crippen LogP contribution in [0.2, 0.25) is 0 Å². The zero-order valence-electron chi connectivity index (χ0n) is 10.0. The first kappa shape index (κ1) is 14.4. The first-order valence-corrected chi connectivity index (χ1v) is 5.43. The summed E-state index contributed by atoms with van der Waals surface area (Å²) in [6, 6.07) is 4.94. The SMILES string of the molecule is CC1=C(C(F)(F)C(F)(F)F)C(=O)c2ccccc2C1=O. The van der Waals surface area contributed by atoms with Crippen LogP contribution in [-0.2, 0) is 0 Å². The Kier molecular flexibility index (Phi) is 3.03. The van der Waals surface area contributed by atoms with Gasteiger partial charge >= 0.3 is 12.1 Å². The molecule has 7 heteroatoms. The molecule has 0 radical (unpaired) electrons. The molecule has 20 heavy (non-hydrogen) atoms. The van der Waals surface area contributed by atoms with Gasteiger partial charge in [0.1, 0.15) is 0 Å². The summed E-state index contributed by atoms with van der Waals surface area (Å²) in [6.07, 6.45) is -5.94. The number of alkyl halides is 5. The Hall–Kier alpha value is -2.05. The van der Waals surface area contributed by atoms with Crippen LogP contribution in [0.5, 0.6) is 0 Å². The van der Waals surface area contributed by atoms with E-state index in [9.17, 15) is 31.5 Å². The summed E-state index contributed by atoms with van der Waals surface area (Å²) in [5.41, 5.74) is -3.29. The van der Waals surface area contributed by atoms with E-state index in [1.807, 2.05) is 0 Å². The second-order valence-electron chi connectivity index (χ2n) is 4.28. The van der Waals surface area contributed by atoms with Crippen LogP contribution in [0, 0.1) is 0 Å². The topological polar surface area (TPSA) is 34.1 Å². The summed E-state index contributed by atoms with van der Waals surface area (Å²) in [6.45, 7) is 0.797. The molecule has 0 spiro atoms. The maximum Gasteiger partial charge on any atom is 0.458 e. The van der Waals surface area contributed by atoms with Gasteiger partial charge < -0.3 is 0 Å². The van der Waals surface area contributed by atoms with Crippen molar-refractivity contribution in [1.29, 1.82) is 0 Å². The van der Waals surface area contributed by atoms with Gasteiger partial charge in [0.25, 0.3) is 0 Å². The highest BCUT2D eigenvalue weighted by Gasteiger charge is 2.63. The predicted molar refractivity (Wildman–Crippen MR) is 58.8 cm³/mol. The molecule has 1 aliphatic carbocycles. The third-order valence-corrected chi connectivity index (χ3v) is 3.03. The van der Waals surface area contributed by atoms with E-state index >= 15 is 0 Å². The minimum absolute atomic E-state index is 0.170. The maximum absolute atomic E-state index is 13.4. The number of ketones is 2. The Bertz CT molecular complexity index is 640. The van der Waals surface area contributed by atoms with Crippen molar-refractivity contribution in [2.24, 2.45) is 0 Å². The summed E-state index contributed by atoms with van der Waals surface area (Å²) in [7, 11) is 0. The minimum atomic E-state index is -5.94. The third kappa shape index (κ3) is 1.85. The van der Waals surface area contributed by atoms with Crippen molar-refractivity contribution in [2.75, 3.05) is 0 Å². The first-order valence-electron chi connectivity index (χ1n) is 5.43. The molecule has 0 saturated carbocycles. The second-order valence-corrected chi connectivity index (χ2v) is 4.28. The monoisotopic (exact) mass is 290 g/mol. The van der Waals surface area contributed by atoms with E-state index in [0.717, 1.165) is 13.0 Å². The average molecular weight is 290 g/mol. The number of carbonyl (C=O) groups excluding carboxylic acids is 2. The summed E-state index contributed by atoms with van der Waals surface area (Å²) >= 11 is 0. The summed E-state index contributed by atoms with van der Waals surface area (Å²) in [5, 5.41) is 0. The van der Waals surface area contributed by atoms with E-state index < -0.39 is 40.4 Å². The van der Waals surface area contributed by atoms with Gasteiger partial charge in [-0.15, -0.1) is 0 Å². The second kappa shape index (κ2) is 4.22. The summed E-state index contributed by atoms with van der Waals surface area (Å²) in [5.74, 6) is -7.84. The Morgan fingerprint density at radius 1 is 0.850 bits per heavy atom.